The highest BCUT2D eigenvalue weighted by atomic mass is 16.5. The van der Waals surface area contributed by atoms with Gasteiger partial charge in [0.25, 0.3) is 0 Å². The van der Waals surface area contributed by atoms with E-state index in [1.54, 1.807) is 0 Å². The fourth-order valence-corrected chi connectivity index (χ4v) is 3.45. The van der Waals surface area contributed by atoms with Crippen LogP contribution in [-0.2, 0) is 14.3 Å². The average molecular weight is 455 g/mol. The van der Waals surface area contributed by atoms with Gasteiger partial charge in [0.05, 0.1) is 6.61 Å². The highest BCUT2D eigenvalue weighted by molar-refractivity contribution is 5.69. The number of carboxylic acids is 1. The van der Waals surface area contributed by atoms with Crippen molar-refractivity contribution < 1.29 is 19.4 Å². The molecule has 4 nitrogen and oxygen atoms in total. The Labute approximate surface area is 199 Å². The lowest BCUT2D eigenvalue weighted by molar-refractivity contribution is -0.143. The van der Waals surface area contributed by atoms with Gasteiger partial charge in [-0.05, 0) is 45.4 Å². The Morgan fingerprint density at radius 2 is 1.00 bits per heavy atom. The van der Waals surface area contributed by atoms with Crippen molar-refractivity contribution in [3.05, 3.63) is 12.2 Å². The van der Waals surface area contributed by atoms with Gasteiger partial charge < -0.3 is 9.84 Å². The van der Waals surface area contributed by atoms with Crippen molar-refractivity contribution in [2.24, 2.45) is 0 Å². The standard InChI is InChI=1S/C18H34O2.C10H20O2/c1-2-3-4-5-6-7-8-9-10-11-12-13-14-15-16-17-18(19)20;1-3-5-6-7-8-9-10(11)12-4-2/h9-10H,2-8,11-17H2,1H3,(H,19,20);3-9H2,1-2H3/b10-9+;. The summed E-state index contributed by atoms with van der Waals surface area (Å²) in [4.78, 5) is 21.2. The third kappa shape index (κ3) is 33.3. The molecule has 0 unspecified atom stereocenters. The molecular formula is C28H54O4. The fourth-order valence-electron chi connectivity index (χ4n) is 3.45. The van der Waals surface area contributed by atoms with Gasteiger partial charge in [-0.1, -0.05) is 103 Å². The van der Waals surface area contributed by atoms with Crippen molar-refractivity contribution in [2.45, 2.75) is 149 Å². The van der Waals surface area contributed by atoms with Gasteiger partial charge in [-0.25, -0.2) is 0 Å². The Kier molecular flexibility index (Phi) is 30.5. The lowest BCUT2D eigenvalue weighted by atomic mass is 10.1. The van der Waals surface area contributed by atoms with Crippen molar-refractivity contribution in [2.75, 3.05) is 6.61 Å². The minimum atomic E-state index is -0.664. The SMILES string of the molecule is CCCCCCCC(=O)OCC.CCCCCCCC/C=C/CCCCCCCC(=O)O. The van der Waals surface area contributed by atoms with Crippen LogP contribution in [0.15, 0.2) is 12.2 Å². The third-order valence-corrected chi connectivity index (χ3v) is 5.44. The molecule has 32 heavy (non-hydrogen) atoms. The first-order chi connectivity index (χ1) is 15.6. The van der Waals surface area contributed by atoms with Crippen molar-refractivity contribution in [3.8, 4) is 0 Å². The summed E-state index contributed by atoms with van der Waals surface area (Å²) in [7, 11) is 0. The number of carbonyl (C=O) groups excluding carboxylic acids is 1. The number of carboxylic acid groups (broad SMARTS) is 1. The van der Waals surface area contributed by atoms with Crippen LogP contribution in [0.25, 0.3) is 0 Å². The molecule has 0 aliphatic heterocycles. The largest absolute Gasteiger partial charge is 0.481 e. The van der Waals surface area contributed by atoms with E-state index >= 15 is 0 Å². The Morgan fingerprint density at radius 1 is 0.594 bits per heavy atom. The molecule has 0 radical (unpaired) electrons. The fraction of sp³-hybridized carbons (Fsp3) is 0.857. The Bertz CT molecular complexity index is 418. The minimum absolute atomic E-state index is 0.0472. The first-order valence-electron chi connectivity index (χ1n) is 13.6. The lowest BCUT2D eigenvalue weighted by Gasteiger charge is -2.00. The van der Waals surface area contributed by atoms with Gasteiger partial charge in [0.1, 0.15) is 0 Å². The maximum atomic E-state index is 10.9. The summed E-state index contributed by atoms with van der Waals surface area (Å²) in [6, 6.07) is 0. The molecule has 0 aromatic heterocycles. The number of hydrogen-bond acceptors (Lipinski definition) is 3. The monoisotopic (exact) mass is 454 g/mol. The van der Waals surface area contributed by atoms with Crippen LogP contribution in [-0.4, -0.2) is 23.7 Å². The predicted octanol–water partition coefficient (Wildman–Crippen LogP) is 9.02. The second kappa shape index (κ2) is 29.7. The number of unbranched alkanes of at least 4 members (excludes halogenated alkanes) is 15. The van der Waals surface area contributed by atoms with E-state index in [9.17, 15) is 9.59 Å². The van der Waals surface area contributed by atoms with Crippen LogP contribution < -0.4 is 0 Å². The summed E-state index contributed by atoms with van der Waals surface area (Å²) < 4.78 is 4.81. The molecule has 0 bridgehead atoms. The Balaban J connectivity index is 0. The molecule has 190 valence electrons. The molecule has 0 saturated heterocycles. The van der Waals surface area contributed by atoms with E-state index in [0.29, 0.717) is 19.4 Å². The van der Waals surface area contributed by atoms with Crippen LogP contribution in [0.4, 0.5) is 0 Å². The van der Waals surface area contributed by atoms with Gasteiger partial charge in [0, 0.05) is 12.8 Å². The van der Waals surface area contributed by atoms with Gasteiger partial charge in [-0.3, -0.25) is 9.59 Å². The molecule has 4 heteroatoms. The quantitative estimate of drug-likeness (QED) is 0.101. The molecular weight excluding hydrogens is 400 g/mol. The summed E-state index contributed by atoms with van der Waals surface area (Å²) in [6.45, 7) is 6.79. The Morgan fingerprint density at radius 3 is 1.44 bits per heavy atom. The molecule has 1 N–H and O–H groups in total. The number of hydrogen-bond donors (Lipinski definition) is 1. The molecule has 0 spiro atoms. The van der Waals surface area contributed by atoms with Gasteiger partial charge in [-0.15, -0.1) is 0 Å². The Hall–Kier alpha value is -1.32. The van der Waals surface area contributed by atoms with Crippen LogP contribution in [0.2, 0.25) is 0 Å². The third-order valence-electron chi connectivity index (χ3n) is 5.44. The van der Waals surface area contributed by atoms with Crippen molar-refractivity contribution in [1.29, 1.82) is 0 Å². The molecule has 0 aliphatic rings. The van der Waals surface area contributed by atoms with Crippen molar-refractivity contribution in [3.63, 3.8) is 0 Å². The van der Waals surface area contributed by atoms with E-state index in [1.165, 1.54) is 89.9 Å². The maximum Gasteiger partial charge on any atom is 0.305 e. The number of carbonyl (C=O) groups is 2. The second-order valence-corrected chi connectivity index (χ2v) is 8.70. The number of aliphatic carboxylic acids is 1. The maximum absolute atomic E-state index is 10.9. The van der Waals surface area contributed by atoms with Crippen LogP contribution >= 0.6 is 0 Å². The van der Waals surface area contributed by atoms with E-state index in [0.717, 1.165) is 25.7 Å². The van der Waals surface area contributed by atoms with Crippen molar-refractivity contribution in [1.82, 2.24) is 0 Å². The predicted molar refractivity (Wildman–Crippen MR) is 137 cm³/mol. The second-order valence-electron chi connectivity index (χ2n) is 8.70. The molecule has 0 aromatic rings. The van der Waals surface area contributed by atoms with Crippen LogP contribution in [0.3, 0.4) is 0 Å². The molecule has 0 amide bonds. The van der Waals surface area contributed by atoms with Crippen LogP contribution in [0.5, 0.6) is 0 Å². The molecule has 0 heterocycles. The first-order valence-corrected chi connectivity index (χ1v) is 13.6. The summed E-state index contributed by atoms with van der Waals surface area (Å²) >= 11 is 0. The summed E-state index contributed by atoms with van der Waals surface area (Å²) in [6.07, 6.45) is 27.8. The molecule has 0 fully saturated rings. The van der Waals surface area contributed by atoms with E-state index in [4.69, 9.17) is 9.84 Å². The zero-order valence-corrected chi connectivity index (χ0v) is 21.7. The molecule has 0 saturated carbocycles. The summed E-state index contributed by atoms with van der Waals surface area (Å²) in [5.41, 5.74) is 0. The summed E-state index contributed by atoms with van der Waals surface area (Å²) in [5.74, 6) is -0.711. The topological polar surface area (TPSA) is 63.6 Å². The lowest BCUT2D eigenvalue weighted by Crippen LogP contribution is -2.02. The van der Waals surface area contributed by atoms with Gasteiger partial charge >= 0.3 is 11.9 Å². The number of rotatable bonds is 22. The summed E-state index contributed by atoms with van der Waals surface area (Å²) in [5, 5.41) is 8.51. The van der Waals surface area contributed by atoms with Crippen molar-refractivity contribution >= 4 is 11.9 Å². The number of esters is 1. The minimum Gasteiger partial charge on any atom is -0.481 e. The first kappa shape index (κ1) is 32.9. The van der Waals surface area contributed by atoms with Gasteiger partial charge in [0.15, 0.2) is 0 Å². The molecule has 0 aliphatic carbocycles. The van der Waals surface area contributed by atoms with E-state index in [1.807, 2.05) is 6.92 Å². The van der Waals surface area contributed by atoms with Gasteiger partial charge in [0.2, 0.25) is 0 Å². The van der Waals surface area contributed by atoms with Crippen LogP contribution in [0, 0.1) is 0 Å². The average Bonchev–Trinajstić information content (AvgIpc) is 2.77. The van der Waals surface area contributed by atoms with Gasteiger partial charge in [-0.2, -0.15) is 0 Å². The highest BCUT2D eigenvalue weighted by Gasteiger charge is 1.99. The molecule has 0 rings (SSSR count). The van der Waals surface area contributed by atoms with E-state index in [-0.39, 0.29) is 5.97 Å². The van der Waals surface area contributed by atoms with Crippen LogP contribution in [0.1, 0.15) is 149 Å². The smallest absolute Gasteiger partial charge is 0.305 e. The number of ether oxygens (including phenoxy) is 1. The number of allylic oxidation sites excluding steroid dienone is 2. The highest BCUT2D eigenvalue weighted by Crippen LogP contribution is 2.10. The zero-order chi connectivity index (χ0) is 24.1. The zero-order valence-electron chi connectivity index (χ0n) is 21.7. The molecule has 0 atom stereocenters. The van der Waals surface area contributed by atoms with E-state index < -0.39 is 5.97 Å². The molecule has 0 aromatic carbocycles. The normalized spacial score (nSPS) is 10.7. The van der Waals surface area contributed by atoms with E-state index in [2.05, 4.69) is 26.0 Å².